The predicted octanol–water partition coefficient (Wildman–Crippen LogP) is 3.95. The molecule has 2 amide bonds. The molecule has 1 unspecified atom stereocenters. The van der Waals surface area contributed by atoms with Crippen molar-refractivity contribution in [3.05, 3.63) is 59.9 Å². The van der Waals surface area contributed by atoms with Gasteiger partial charge in [-0.1, -0.05) is 30.3 Å². The summed E-state index contributed by atoms with van der Waals surface area (Å²) in [6.07, 6.45) is 3.16. The lowest BCUT2D eigenvalue weighted by Gasteiger charge is -2.31. The van der Waals surface area contributed by atoms with Crippen LogP contribution in [0.25, 0.3) is 0 Å². The Bertz CT molecular complexity index is 804. The highest BCUT2D eigenvalue weighted by Crippen LogP contribution is 2.26. The standard InChI is InChI=1S/C21H24FN3O2/c1-15(26)23-19-14-17(10-11-18(19)22)24-20(16-8-4-2-5-9-16)21(27)25-12-6-3-7-13-25/h2,4-5,8-11,14,20,24H,3,6-7,12-13H2,1H3,(H,23,26). The largest absolute Gasteiger partial charge is 0.370 e. The van der Waals surface area contributed by atoms with Crippen molar-refractivity contribution in [2.24, 2.45) is 0 Å². The van der Waals surface area contributed by atoms with Gasteiger partial charge in [0.05, 0.1) is 5.69 Å². The van der Waals surface area contributed by atoms with Gasteiger partial charge in [-0.3, -0.25) is 9.59 Å². The Morgan fingerprint density at radius 1 is 1.04 bits per heavy atom. The van der Waals surface area contributed by atoms with Crippen LogP contribution in [0.5, 0.6) is 0 Å². The fourth-order valence-electron chi connectivity index (χ4n) is 3.30. The highest BCUT2D eigenvalue weighted by molar-refractivity contribution is 5.90. The van der Waals surface area contributed by atoms with Gasteiger partial charge in [-0.2, -0.15) is 0 Å². The number of anilines is 2. The van der Waals surface area contributed by atoms with Gasteiger partial charge in [0, 0.05) is 25.7 Å². The fourth-order valence-corrected chi connectivity index (χ4v) is 3.30. The van der Waals surface area contributed by atoms with E-state index in [0.717, 1.165) is 37.9 Å². The van der Waals surface area contributed by atoms with Gasteiger partial charge in [0.25, 0.3) is 0 Å². The molecule has 27 heavy (non-hydrogen) atoms. The van der Waals surface area contributed by atoms with Gasteiger partial charge in [0.15, 0.2) is 0 Å². The van der Waals surface area contributed by atoms with Crippen molar-refractivity contribution in [3.8, 4) is 0 Å². The van der Waals surface area contributed by atoms with Crippen LogP contribution >= 0.6 is 0 Å². The molecule has 142 valence electrons. The second kappa shape index (κ2) is 8.66. The molecule has 0 radical (unpaired) electrons. The van der Waals surface area contributed by atoms with E-state index in [0.29, 0.717) is 5.69 Å². The summed E-state index contributed by atoms with van der Waals surface area (Å²) in [5.74, 6) is -0.865. The van der Waals surface area contributed by atoms with Crippen molar-refractivity contribution in [3.63, 3.8) is 0 Å². The molecule has 1 aliphatic rings. The smallest absolute Gasteiger partial charge is 0.249 e. The van der Waals surface area contributed by atoms with Crippen LogP contribution in [0.1, 0.15) is 37.8 Å². The second-order valence-corrected chi connectivity index (χ2v) is 6.75. The summed E-state index contributed by atoms with van der Waals surface area (Å²) in [5, 5.41) is 5.69. The zero-order valence-corrected chi connectivity index (χ0v) is 15.4. The van der Waals surface area contributed by atoms with Crippen LogP contribution in [0.2, 0.25) is 0 Å². The van der Waals surface area contributed by atoms with E-state index in [1.54, 1.807) is 6.07 Å². The number of carbonyl (C=O) groups excluding carboxylic acids is 2. The van der Waals surface area contributed by atoms with E-state index in [4.69, 9.17) is 0 Å². The first-order valence-corrected chi connectivity index (χ1v) is 9.22. The minimum atomic E-state index is -0.570. The maximum absolute atomic E-state index is 13.9. The Labute approximate surface area is 158 Å². The molecule has 0 saturated carbocycles. The summed E-state index contributed by atoms with van der Waals surface area (Å²) >= 11 is 0. The van der Waals surface area contributed by atoms with E-state index < -0.39 is 11.9 Å². The Kier molecular flexibility index (Phi) is 6.06. The van der Waals surface area contributed by atoms with Gasteiger partial charge in [-0.05, 0) is 43.0 Å². The third-order valence-corrected chi connectivity index (χ3v) is 4.64. The Hall–Kier alpha value is -2.89. The molecule has 1 saturated heterocycles. The van der Waals surface area contributed by atoms with Crippen LogP contribution in [0.15, 0.2) is 48.5 Å². The first kappa shape index (κ1) is 18.9. The molecule has 1 fully saturated rings. The van der Waals surface area contributed by atoms with E-state index >= 15 is 0 Å². The Morgan fingerprint density at radius 3 is 2.41 bits per heavy atom. The Balaban J connectivity index is 1.87. The zero-order chi connectivity index (χ0) is 19.2. The van der Waals surface area contributed by atoms with E-state index in [2.05, 4.69) is 10.6 Å². The summed E-state index contributed by atoms with van der Waals surface area (Å²) < 4.78 is 13.9. The lowest BCUT2D eigenvalue weighted by atomic mass is 10.0. The summed E-state index contributed by atoms with van der Waals surface area (Å²) in [5.41, 5.74) is 1.50. The molecule has 0 bridgehead atoms. The monoisotopic (exact) mass is 369 g/mol. The highest BCUT2D eigenvalue weighted by atomic mass is 19.1. The summed E-state index contributed by atoms with van der Waals surface area (Å²) in [6, 6.07) is 13.3. The van der Waals surface area contributed by atoms with Crippen molar-refractivity contribution < 1.29 is 14.0 Å². The number of carbonyl (C=O) groups is 2. The molecule has 1 atom stereocenters. The zero-order valence-electron chi connectivity index (χ0n) is 15.4. The minimum absolute atomic E-state index is 0.00584. The number of likely N-dealkylation sites (tertiary alicyclic amines) is 1. The normalized spacial score (nSPS) is 15.1. The van der Waals surface area contributed by atoms with E-state index in [9.17, 15) is 14.0 Å². The number of benzene rings is 2. The highest BCUT2D eigenvalue weighted by Gasteiger charge is 2.27. The average Bonchev–Trinajstić information content (AvgIpc) is 2.69. The lowest BCUT2D eigenvalue weighted by molar-refractivity contribution is -0.133. The molecule has 6 heteroatoms. The summed E-state index contributed by atoms with van der Waals surface area (Å²) in [7, 11) is 0. The topological polar surface area (TPSA) is 61.4 Å². The number of halogens is 1. The molecule has 0 aliphatic carbocycles. The van der Waals surface area contributed by atoms with Gasteiger partial charge in [-0.15, -0.1) is 0 Å². The number of hydrogen-bond acceptors (Lipinski definition) is 3. The molecule has 0 aromatic heterocycles. The van der Waals surface area contributed by atoms with Crippen LogP contribution in [0, 0.1) is 5.82 Å². The SMILES string of the molecule is CC(=O)Nc1cc(NC(C(=O)N2CCCCC2)c2ccccc2)ccc1F. The quantitative estimate of drug-likeness (QED) is 0.839. The summed E-state index contributed by atoms with van der Waals surface area (Å²) in [4.78, 5) is 26.3. The number of nitrogens with zero attached hydrogens (tertiary/aromatic N) is 1. The van der Waals surface area contributed by atoms with Crippen LogP contribution < -0.4 is 10.6 Å². The molecule has 1 aliphatic heterocycles. The van der Waals surface area contributed by atoms with Crippen molar-refractivity contribution >= 4 is 23.2 Å². The number of rotatable bonds is 5. The van der Waals surface area contributed by atoms with Crippen LogP contribution in [0.3, 0.4) is 0 Å². The molecule has 2 N–H and O–H groups in total. The number of nitrogens with one attached hydrogen (secondary N) is 2. The Morgan fingerprint density at radius 2 is 1.74 bits per heavy atom. The second-order valence-electron chi connectivity index (χ2n) is 6.75. The molecule has 3 rings (SSSR count). The van der Waals surface area contributed by atoms with Crippen molar-refractivity contribution in [2.45, 2.75) is 32.2 Å². The first-order valence-electron chi connectivity index (χ1n) is 9.22. The molecule has 1 heterocycles. The molecular formula is C21H24FN3O2. The van der Waals surface area contributed by atoms with Gasteiger partial charge < -0.3 is 15.5 Å². The first-order chi connectivity index (χ1) is 13.0. The van der Waals surface area contributed by atoms with Crippen LogP contribution in [-0.2, 0) is 9.59 Å². The third-order valence-electron chi connectivity index (χ3n) is 4.64. The molecule has 2 aromatic rings. The van der Waals surface area contributed by atoms with Crippen LogP contribution in [-0.4, -0.2) is 29.8 Å². The molecule has 2 aromatic carbocycles. The van der Waals surface area contributed by atoms with Crippen LogP contribution in [0.4, 0.5) is 15.8 Å². The maximum atomic E-state index is 13.9. The average molecular weight is 369 g/mol. The third kappa shape index (κ3) is 4.84. The van der Waals surface area contributed by atoms with E-state index in [-0.39, 0.29) is 17.5 Å². The van der Waals surface area contributed by atoms with Gasteiger partial charge >= 0.3 is 0 Å². The molecular weight excluding hydrogens is 345 g/mol. The van der Waals surface area contributed by atoms with Gasteiger partial charge in [0.2, 0.25) is 11.8 Å². The van der Waals surface area contributed by atoms with Crippen molar-refractivity contribution in [2.75, 3.05) is 23.7 Å². The fraction of sp³-hybridized carbons (Fsp3) is 0.333. The molecule has 0 spiro atoms. The van der Waals surface area contributed by atoms with E-state index in [1.807, 2.05) is 35.2 Å². The van der Waals surface area contributed by atoms with E-state index in [1.165, 1.54) is 19.1 Å². The maximum Gasteiger partial charge on any atom is 0.249 e. The van der Waals surface area contributed by atoms with Crippen molar-refractivity contribution in [1.82, 2.24) is 4.90 Å². The van der Waals surface area contributed by atoms with Gasteiger partial charge in [0.1, 0.15) is 11.9 Å². The predicted molar refractivity (Wildman–Crippen MR) is 104 cm³/mol. The van der Waals surface area contributed by atoms with Gasteiger partial charge in [-0.25, -0.2) is 4.39 Å². The number of amides is 2. The lowest BCUT2D eigenvalue weighted by Crippen LogP contribution is -2.41. The van der Waals surface area contributed by atoms with Crippen molar-refractivity contribution in [1.29, 1.82) is 0 Å². The summed E-state index contributed by atoms with van der Waals surface area (Å²) in [6.45, 7) is 2.83. The number of hydrogen-bond donors (Lipinski definition) is 2. The number of piperidine rings is 1. The minimum Gasteiger partial charge on any atom is -0.370 e. The molecule has 5 nitrogen and oxygen atoms in total.